The summed E-state index contributed by atoms with van der Waals surface area (Å²) in [7, 11) is 3.75. The highest BCUT2D eigenvalue weighted by Crippen LogP contribution is 2.32. The van der Waals surface area contributed by atoms with Crippen LogP contribution in [0.25, 0.3) is 11.1 Å². The fourth-order valence-electron chi connectivity index (χ4n) is 3.04. The van der Waals surface area contributed by atoms with Crippen LogP contribution in [0.1, 0.15) is 66.0 Å². The average molecular weight is 606 g/mol. The molecule has 0 aromatic heterocycles. The molecule has 0 unspecified atom stereocenters. The number of hydrogen-bond acceptors (Lipinski definition) is 5. The third-order valence-corrected chi connectivity index (χ3v) is 4.69. The van der Waals surface area contributed by atoms with Gasteiger partial charge in [-0.2, -0.15) is 13.2 Å². The lowest BCUT2D eigenvalue weighted by Gasteiger charge is -2.17. The zero-order valence-corrected chi connectivity index (χ0v) is 27.4. The first-order valence-corrected chi connectivity index (χ1v) is 14.2. The zero-order valence-electron chi connectivity index (χ0n) is 27.4. The van der Waals surface area contributed by atoms with Crippen molar-refractivity contribution in [1.29, 1.82) is 0 Å². The van der Waals surface area contributed by atoms with E-state index in [0.29, 0.717) is 18.8 Å². The fraction of sp³-hybridized carbons (Fsp3) is 0.429. The molecule has 1 N–H and O–H groups in total. The number of aryl methyl sites for hydroxylation is 1. The lowest BCUT2D eigenvalue weighted by atomic mass is 9.99. The number of nitrogens with one attached hydrogen (secondary N) is 1. The van der Waals surface area contributed by atoms with Gasteiger partial charge in [-0.25, -0.2) is 0 Å². The number of ether oxygens (including phenoxy) is 2. The Labute approximate surface area is 256 Å². The highest BCUT2D eigenvalue weighted by molar-refractivity contribution is 5.75. The van der Waals surface area contributed by atoms with Crippen LogP contribution in [-0.4, -0.2) is 44.2 Å². The lowest BCUT2D eigenvalue weighted by molar-refractivity contribution is -0.151. The Bertz CT molecular complexity index is 1130. The Hall–Kier alpha value is -3.65. The monoisotopic (exact) mass is 605 g/mol. The molecule has 0 saturated heterocycles. The van der Waals surface area contributed by atoms with Gasteiger partial charge in [-0.1, -0.05) is 79.7 Å². The number of carbonyl (C=O) groups is 2. The van der Waals surface area contributed by atoms with Crippen LogP contribution in [0.5, 0.6) is 5.75 Å². The van der Waals surface area contributed by atoms with E-state index >= 15 is 0 Å². The predicted molar refractivity (Wildman–Crippen MR) is 171 cm³/mol. The molecule has 0 spiro atoms. The highest BCUT2D eigenvalue weighted by atomic mass is 19.4. The first kappa shape index (κ1) is 41.5. The maximum absolute atomic E-state index is 12.5. The normalized spacial score (nSPS) is 10.1. The summed E-state index contributed by atoms with van der Waals surface area (Å²) in [5.74, 6) is 0.726. The molecule has 5 nitrogen and oxygen atoms in total. The molecule has 0 atom stereocenters. The summed E-state index contributed by atoms with van der Waals surface area (Å²) in [6, 6.07) is 24.2. The third kappa shape index (κ3) is 25.8. The van der Waals surface area contributed by atoms with E-state index in [-0.39, 0.29) is 22.9 Å². The molecule has 3 aromatic rings. The Kier molecular flexibility index (Phi) is 22.1. The van der Waals surface area contributed by atoms with Crippen LogP contribution < -0.4 is 10.1 Å². The van der Waals surface area contributed by atoms with Gasteiger partial charge >= 0.3 is 12.1 Å². The molecule has 0 amide bonds. The van der Waals surface area contributed by atoms with E-state index < -0.39 is 12.6 Å². The SMILES string of the molecule is CC(=O)OC(C)(C)C.CCC(C)=O.CCOc1cc(C)ccc1-c1cccc(CC(F)(F)F)c1.CNC.c1ccccc1. The minimum absolute atomic E-state index is 0.225. The second kappa shape index (κ2) is 22.9. The van der Waals surface area contributed by atoms with E-state index in [1.807, 2.05) is 110 Å². The minimum Gasteiger partial charge on any atom is -0.493 e. The topological polar surface area (TPSA) is 64.6 Å². The molecule has 3 rings (SSSR count). The molecular weight excluding hydrogens is 555 g/mol. The first-order chi connectivity index (χ1) is 20.0. The van der Waals surface area contributed by atoms with Crippen molar-refractivity contribution in [1.82, 2.24) is 5.32 Å². The second-order valence-electron chi connectivity index (χ2n) is 10.3. The zero-order chi connectivity index (χ0) is 33.5. The van der Waals surface area contributed by atoms with E-state index in [9.17, 15) is 22.8 Å². The van der Waals surface area contributed by atoms with Crippen molar-refractivity contribution in [3.05, 3.63) is 90.0 Å². The maximum Gasteiger partial charge on any atom is 0.393 e. The molecule has 0 aliphatic rings. The Morgan fingerprint density at radius 3 is 1.65 bits per heavy atom. The maximum atomic E-state index is 12.5. The smallest absolute Gasteiger partial charge is 0.393 e. The van der Waals surface area contributed by atoms with Gasteiger partial charge in [0.1, 0.15) is 17.1 Å². The number of halogens is 3. The summed E-state index contributed by atoms with van der Waals surface area (Å²) in [6.07, 6.45) is -4.45. The Morgan fingerprint density at radius 1 is 0.814 bits per heavy atom. The van der Waals surface area contributed by atoms with E-state index in [0.717, 1.165) is 16.7 Å². The van der Waals surface area contributed by atoms with Crippen LogP contribution in [0.15, 0.2) is 78.9 Å². The van der Waals surface area contributed by atoms with Crippen LogP contribution >= 0.6 is 0 Å². The molecule has 0 bridgehead atoms. The van der Waals surface area contributed by atoms with E-state index in [2.05, 4.69) is 5.32 Å². The first-order valence-electron chi connectivity index (χ1n) is 14.2. The van der Waals surface area contributed by atoms with Crippen molar-refractivity contribution in [2.24, 2.45) is 0 Å². The van der Waals surface area contributed by atoms with Gasteiger partial charge in [-0.05, 0) is 78.4 Å². The molecule has 0 radical (unpaired) electrons. The average Bonchev–Trinajstić information content (AvgIpc) is 2.89. The number of Topliss-reactive ketones (excluding diaryl/α,β-unsaturated/α-hetero) is 1. The highest BCUT2D eigenvalue weighted by Gasteiger charge is 2.27. The van der Waals surface area contributed by atoms with Gasteiger partial charge in [-0.15, -0.1) is 0 Å². The summed E-state index contributed by atoms with van der Waals surface area (Å²) in [4.78, 5) is 20.0. The van der Waals surface area contributed by atoms with Crippen molar-refractivity contribution < 1.29 is 32.2 Å². The predicted octanol–water partition coefficient (Wildman–Crippen LogP) is 9.02. The van der Waals surface area contributed by atoms with Gasteiger partial charge in [0.05, 0.1) is 13.0 Å². The summed E-state index contributed by atoms with van der Waals surface area (Å²) >= 11 is 0. The number of benzene rings is 3. The summed E-state index contributed by atoms with van der Waals surface area (Å²) < 4.78 is 47.9. The van der Waals surface area contributed by atoms with Crippen molar-refractivity contribution in [3.63, 3.8) is 0 Å². The summed E-state index contributed by atoms with van der Waals surface area (Å²) in [5.41, 5.74) is 2.52. The largest absolute Gasteiger partial charge is 0.493 e. The van der Waals surface area contributed by atoms with E-state index in [4.69, 9.17) is 9.47 Å². The molecule has 0 saturated carbocycles. The summed E-state index contributed by atoms with van der Waals surface area (Å²) in [6.45, 7) is 14.7. The van der Waals surface area contributed by atoms with Gasteiger partial charge in [0.2, 0.25) is 0 Å². The molecule has 3 aromatic carbocycles. The Morgan fingerprint density at radius 2 is 1.30 bits per heavy atom. The quantitative estimate of drug-likeness (QED) is 0.294. The van der Waals surface area contributed by atoms with Crippen molar-refractivity contribution >= 4 is 11.8 Å². The molecule has 0 fully saturated rings. The fourth-order valence-corrected chi connectivity index (χ4v) is 3.04. The molecule has 43 heavy (non-hydrogen) atoms. The summed E-state index contributed by atoms with van der Waals surface area (Å²) in [5, 5.41) is 2.75. The number of carbonyl (C=O) groups excluding carboxylic acids is 2. The molecule has 0 heterocycles. The van der Waals surface area contributed by atoms with Crippen molar-refractivity contribution in [3.8, 4) is 16.9 Å². The van der Waals surface area contributed by atoms with Crippen molar-refractivity contribution in [2.75, 3.05) is 20.7 Å². The van der Waals surface area contributed by atoms with Gasteiger partial charge in [0.15, 0.2) is 0 Å². The number of rotatable bonds is 5. The van der Waals surface area contributed by atoms with E-state index in [1.165, 1.54) is 13.0 Å². The number of ketones is 1. The number of alkyl halides is 3. The standard InChI is InChI=1S/C17H17F3O.C6H12O2.C6H6.C4H8O.C2H7N/c1-3-21-16-9-12(2)7-8-15(16)14-6-4-5-13(10-14)11-17(18,19)20;1-5(7)8-6(2,3)4;1-2-4-6-5-3-1;1-3-4(2)5;1-3-2/h4-10H,3,11H2,1-2H3;1-4H3;1-6H;3H2,1-2H3;3H,1-2H3. The van der Waals surface area contributed by atoms with Gasteiger partial charge in [-0.3, -0.25) is 4.79 Å². The molecule has 240 valence electrons. The van der Waals surface area contributed by atoms with Gasteiger partial charge in [0, 0.05) is 18.9 Å². The van der Waals surface area contributed by atoms with Gasteiger partial charge in [0.25, 0.3) is 0 Å². The third-order valence-electron chi connectivity index (χ3n) is 4.69. The molecule has 0 aliphatic heterocycles. The molecule has 0 aliphatic carbocycles. The van der Waals surface area contributed by atoms with Crippen LogP contribution in [0, 0.1) is 6.92 Å². The number of esters is 1. The molecule has 8 heteroatoms. The van der Waals surface area contributed by atoms with Crippen LogP contribution in [0.2, 0.25) is 0 Å². The van der Waals surface area contributed by atoms with Crippen LogP contribution in [0.3, 0.4) is 0 Å². The lowest BCUT2D eigenvalue weighted by Crippen LogP contribution is -2.21. The van der Waals surface area contributed by atoms with Gasteiger partial charge < -0.3 is 19.6 Å². The van der Waals surface area contributed by atoms with Crippen molar-refractivity contribution in [2.45, 2.75) is 80.0 Å². The minimum atomic E-state index is -4.20. The molecular formula is C35H50F3NO4. The Balaban J connectivity index is 0. The number of hydrogen-bond donors (Lipinski definition) is 1. The van der Waals surface area contributed by atoms with Crippen LogP contribution in [0.4, 0.5) is 13.2 Å². The van der Waals surface area contributed by atoms with E-state index in [1.54, 1.807) is 25.1 Å². The second-order valence-corrected chi connectivity index (χ2v) is 10.3. The van der Waals surface area contributed by atoms with Crippen LogP contribution in [-0.2, 0) is 20.7 Å².